The van der Waals surface area contributed by atoms with Crippen molar-refractivity contribution in [2.24, 2.45) is 0 Å². The van der Waals surface area contributed by atoms with Crippen molar-refractivity contribution < 1.29 is 22.7 Å². The van der Waals surface area contributed by atoms with Crippen molar-refractivity contribution in [1.29, 1.82) is 0 Å². The second-order valence-corrected chi connectivity index (χ2v) is 5.10. The number of nitrogens with zero attached hydrogens (tertiary/aromatic N) is 3. The van der Waals surface area contributed by atoms with Crippen LogP contribution in [0.3, 0.4) is 0 Å². The summed E-state index contributed by atoms with van der Waals surface area (Å²) in [5.41, 5.74) is -0.298. The highest BCUT2D eigenvalue weighted by Crippen LogP contribution is 2.35. The van der Waals surface area contributed by atoms with Crippen LogP contribution in [-0.2, 0) is 17.5 Å². The van der Waals surface area contributed by atoms with E-state index in [1.165, 1.54) is 18.2 Å². The lowest BCUT2D eigenvalue weighted by molar-refractivity contribution is -0.139. The van der Waals surface area contributed by atoms with Crippen molar-refractivity contribution in [2.45, 2.75) is 12.7 Å². The number of aromatic nitrogens is 3. The van der Waals surface area contributed by atoms with E-state index in [9.17, 15) is 18.0 Å². The summed E-state index contributed by atoms with van der Waals surface area (Å²) in [6.45, 7) is -0.460. The predicted molar refractivity (Wildman–Crippen MR) is 81.8 cm³/mol. The molecule has 9 heteroatoms. The lowest BCUT2D eigenvalue weighted by Crippen LogP contribution is -2.29. The van der Waals surface area contributed by atoms with Crippen molar-refractivity contribution in [3.05, 3.63) is 60.0 Å². The third-order valence-corrected chi connectivity index (χ3v) is 3.38. The summed E-state index contributed by atoms with van der Waals surface area (Å²) in [5, 5.41) is 10.4. The average molecular weight is 350 g/mol. The monoisotopic (exact) mass is 350 g/mol. The Balaban J connectivity index is 1.59. The maximum Gasteiger partial charge on any atom is 0.419 e. The van der Waals surface area contributed by atoms with Gasteiger partial charge in [-0.3, -0.25) is 9.20 Å². The third kappa shape index (κ3) is 3.87. The summed E-state index contributed by atoms with van der Waals surface area (Å²) in [5.74, 6) is -0.456. The molecule has 130 valence electrons. The summed E-state index contributed by atoms with van der Waals surface area (Å²) in [6, 6.07) is 10.1. The predicted octanol–water partition coefficient (Wildman–Crippen LogP) is 2.44. The maximum atomic E-state index is 12.9. The summed E-state index contributed by atoms with van der Waals surface area (Å²) in [7, 11) is 0. The Labute approximate surface area is 140 Å². The van der Waals surface area contributed by atoms with Gasteiger partial charge in [-0.2, -0.15) is 13.2 Å². The molecule has 0 saturated carbocycles. The minimum Gasteiger partial charge on any atom is -0.483 e. The number of fused-ring (bicyclic) bond motifs is 1. The van der Waals surface area contributed by atoms with Crippen molar-refractivity contribution >= 4 is 11.6 Å². The van der Waals surface area contributed by atoms with Crippen LogP contribution in [0.4, 0.5) is 13.2 Å². The van der Waals surface area contributed by atoms with Gasteiger partial charge < -0.3 is 10.1 Å². The fraction of sp³-hybridized carbons (Fsp3) is 0.188. The molecule has 3 rings (SSSR count). The zero-order valence-corrected chi connectivity index (χ0v) is 12.8. The van der Waals surface area contributed by atoms with Gasteiger partial charge in [0.1, 0.15) is 5.75 Å². The second-order valence-electron chi connectivity index (χ2n) is 5.10. The first kappa shape index (κ1) is 16.7. The average Bonchev–Trinajstić information content (AvgIpc) is 3.01. The molecule has 0 spiro atoms. The van der Waals surface area contributed by atoms with Crippen LogP contribution in [-0.4, -0.2) is 27.1 Å². The molecule has 1 N–H and O–H groups in total. The third-order valence-electron chi connectivity index (χ3n) is 3.38. The molecule has 2 aromatic heterocycles. The van der Waals surface area contributed by atoms with Gasteiger partial charge in [0.25, 0.3) is 5.91 Å². The molecule has 6 nitrogen and oxygen atoms in total. The van der Waals surface area contributed by atoms with Crippen LogP contribution in [0.25, 0.3) is 5.65 Å². The van der Waals surface area contributed by atoms with Gasteiger partial charge in [0, 0.05) is 6.20 Å². The Hall–Kier alpha value is -3.10. The Kier molecular flexibility index (Phi) is 4.55. The number of rotatable bonds is 5. The molecular weight excluding hydrogens is 337 g/mol. The van der Waals surface area contributed by atoms with E-state index < -0.39 is 30.0 Å². The largest absolute Gasteiger partial charge is 0.483 e. The van der Waals surface area contributed by atoms with Crippen LogP contribution in [0.15, 0.2) is 48.7 Å². The molecule has 0 fully saturated rings. The Morgan fingerprint density at radius 1 is 1.12 bits per heavy atom. The molecule has 0 atom stereocenters. The first-order valence-corrected chi connectivity index (χ1v) is 7.29. The molecule has 0 saturated heterocycles. The summed E-state index contributed by atoms with van der Waals surface area (Å²) in [6.07, 6.45) is -2.81. The quantitative estimate of drug-likeness (QED) is 0.767. The number of carbonyl (C=O) groups is 1. The van der Waals surface area contributed by atoms with E-state index in [4.69, 9.17) is 4.74 Å². The van der Waals surface area contributed by atoms with Gasteiger partial charge in [0.2, 0.25) is 0 Å². The van der Waals surface area contributed by atoms with E-state index in [1.807, 2.05) is 0 Å². The molecule has 0 aliphatic carbocycles. The number of halogens is 3. The van der Waals surface area contributed by atoms with E-state index in [0.717, 1.165) is 6.07 Å². The number of benzene rings is 1. The molecule has 0 unspecified atom stereocenters. The number of hydrogen-bond donors (Lipinski definition) is 1. The van der Waals surface area contributed by atoms with E-state index >= 15 is 0 Å². The zero-order chi connectivity index (χ0) is 17.9. The summed E-state index contributed by atoms with van der Waals surface area (Å²) in [4.78, 5) is 11.8. The van der Waals surface area contributed by atoms with E-state index in [-0.39, 0.29) is 6.54 Å². The number of para-hydroxylation sites is 1. The molecular formula is C16H13F3N4O2. The fourth-order valence-electron chi connectivity index (χ4n) is 2.21. The Bertz CT molecular complexity index is 892. The number of hydrogen-bond acceptors (Lipinski definition) is 4. The molecule has 0 radical (unpaired) electrons. The second kappa shape index (κ2) is 6.80. The highest BCUT2D eigenvalue weighted by atomic mass is 19.4. The first-order valence-electron chi connectivity index (χ1n) is 7.29. The van der Waals surface area contributed by atoms with Gasteiger partial charge >= 0.3 is 6.18 Å². The van der Waals surface area contributed by atoms with Gasteiger partial charge in [-0.05, 0) is 24.3 Å². The molecule has 0 aliphatic rings. The minimum atomic E-state index is -4.55. The fourth-order valence-corrected chi connectivity index (χ4v) is 2.21. The lowest BCUT2D eigenvalue weighted by atomic mass is 10.2. The molecule has 2 heterocycles. The highest BCUT2D eigenvalue weighted by Gasteiger charge is 2.34. The van der Waals surface area contributed by atoms with Crippen LogP contribution < -0.4 is 10.1 Å². The molecule has 0 bridgehead atoms. The topological polar surface area (TPSA) is 68.5 Å². The summed E-state index contributed by atoms with van der Waals surface area (Å²) < 4.78 is 45.3. The van der Waals surface area contributed by atoms with Crippen LogP contribution in [0.2, 0.25) is 0 Å². The molecule has 1 amide bonds. The van der Waals surface area contributed by atoms with Crippen molar-refractivity contribution in [3.8, 4) is 5.75 Å². The van der Waals surface area contributed by atoms with Crippen molar-refractivity contribution in [3.63, 3.8) is 0 Å². The van der Waals surface area contributed by atoms with Crippen LogP contribution >= 0.6 is 0 Å². The van der Waals surface area contributed by atoms with Crippen molar-refractivity contribution in [1.82, 2.24) is 19.9 Å². The van der Waals surface area contributed by atoms with E-state index in [1.54, 1.807) is 28.8 Å². The van der Waals surface area contributed by atoms with Gasteiger partial charge in [0.15, 0.2) is 18.1 Å². The van der Waals surface area contributed by atoms with Crippen LogP contribution in [0.1, 0.15) is 11.4 Å². The standard InChI is InChI=1S/C16H13F3N4O2/c17-16(18,19)11-5-1-2-6-12(11)25-10-15(24)20-9-14-22-21-13-7-3-4-8-23(13)14/h1-8H,9-10H2,(H,20,24). The molecule has 0 aliphatic heterocycles. The first-order chi connectivity index (χ1) is 11.9. The Morgan fingerprint density at radius 2 is 1.88 bits per heavy atom. The maximum absolute atomic E-state index is 12.9. The zero-order valence-electron chi connectivity index (χ0n) is 12.8. The smallest absolute Gasteiger partial charge is 0.419 e. The minimum absolute atomic E-state index is 0.0777. The van der Waals surface area contributed by atoms with Gasteiger partial charge in [-0.1, -0.05) is 18.2 Å². The summed E-state index contributed by atoms with van der Waals surface area (Å²) >= 11 is 0. The lowest BCUT2D eigenvalue weighted by Gasteiger charge is -2.13. The number of pyridine rings is 1. The number of alkyl halides is 3. The van der Waals surface area contributed by atoms with Crippen molar-refractivity contribution in [2.75, 3.05) is 6.61 Å². The van der Waals surface area contributed by atoms with E-state index in [2.05, 4.69) is 15.5 Å². The Morgan fingerprint density at radius 3 is 2.68 bits per heavy atom. The molecule has 3 aromatic rings. The normalized spacial score (nSPS) is 11.5. The number of ether oxygens (including phenoxy) is 1. The van der Waals surface area contributed by atoms with Gasteiger partial charge in [-0.25, -0.2) is 0 Å². The van der Waals surface area contributed by atoms with Gasteiger partial charge in [0.05, 0.1) is 12.1 Å². The number of carbonyl (C=O) groups excluding carboxylic acids is 1. The SMILES string of the molecule is O=C(COc1ccccc1C(F)(F)F)NCc1nnc2ccccn12. The van der Waals surface area contributed by atoms with Gasteiger partial charge in [-0.15, -0.1) is 10.2 Å². The number of nitrogens with one attached hydrogen (secondary N) is 1. The van der Waals surface area contributed by atoms with E-state index in [0.29, 0.717) is 11.5 Å². The molecule has 25 heavy (non-hydrogen) atoms. The van der Waals surface area contributed by atoms with Crippen LogP contribution in [0, 0.1) is 0 Å². The molecule has 1 aromatic carbocycles. The number of amides is 1. The highest BCUT2D eigenvalue weighted by molar-refractivity contribution is 5.77. The van der Waals surface area contributed by atoms with Crippen LogP contribution in [0.5, 0.6) is 5.75 Å².